The Balaban J connectivity index is 1.26. The van der Waals surface area contributed by atoms with Gasteiger partial charge in [-0.1, -0.05) is 72.2 Å². The lowest BCUT2D eigenvalue weighted by atomic mass is 10.1. The summed E-state index contributed by atoms with van der Waals surface area (Å²) >= 11 is 0. The number of nitrogens with zero attached hydrogens (tertiary/aromatic N) is 2. The maximum Gasteiger partial charge on any atom is 0.348 e. The van der Waals surface area contributed by atoms with Gasteiger partial charge in [-0.05, 0) is 119 Å². The first-order valence-electron chi connectivity index (χ1n) is 20.4. The normalized spacial score (nSPS) is 10.7. The van der Waals surface area contributed by atoms with Crippen molar-refractivity contribution >= 4 is 23.3 Å². The van der Waals surface area contributed by atoms with Gasteiger partial charge in [0.05, 0.1) is 42.7 Å². The minimum atomic E-state index is -0.813. The number of ether oxygens (including phenoxy) is 6. The van der Waals surface area contributed by atoms with Crippen LogP contribution >= 0.6 is 0 Å². The van der Waals surface area contributed by atoms with E-state index < -0.39 is 11.9 Å². The Morgan fingerprint density at radius 1 is 0.375 bits per heavy atom. The van der Waals surface area contributed by atoms with Crippen LogP contribution in [0.1, 0.15) is 33.4 Å². The quantitative estimate of drug-likeness (QED) is 0.0533. The van der Waals surface area contributed by atoms with E-state index in [1.165, 1.54) is 14.2 Å². The van der Waals surface area contributed by atoms with E-state index >= 15 is 0 Å². The molecule has 0 saturated heterocycles. The molecule has 0 unspecified atom stereocenters. The van der Waals surface area contributed by atoms with Gasteiger partial charge in [-0.3, -0.25) is 0 Å². The van der Waals surface area contributed by atoms with Crippen molar-refractivity contribution in [3.8, 4) is 46.7 Å². The highest BCUT2D eigenvalue weighted by Crippen LogP contribution is 2.25. The summed E-state index contributed by atoms with van der Waals surface area (Å²) in [4.78, 5) is 30.8. The van der Waals surface area contributed by atoms with Gasteiger partial charge < -0.3 is 38.2 Å². The van der Waals surface area contributed by atoms with Crippen LogP contribution in [-0.2, 0) is 45.2 Å². The summed E-state index contributed by atoms with van der Waals surface area (Å²) in [6, 6.07) is 47.2. The topological polar surface area (TPSA) is 96.0 Å². The number of hydrogen-bond acceptors (Lipinski definition) is 10. The smallest absolute Gasteiger partial charge is 0.348 e. The molecule has 0 amide bonds. The third kappa shape index (κ3) is 12.5. The van der Waals surface area contributed by atoms with Crippen molar-refractivity contribution in [2.75, 3.05) is 52.5 Å². The van der Waals surface area contributed by atoms with Crippen LogP contribution in [0.3, 0.4) is 0 Å². The van der Waals surface area contributed by atoms with E-state index in [0.29, 0.717) is 37.3 Å². The molecular weight excluding hydrogens is 805 g/mol. The Morgan fingerprint density at radius 3 is 0.844 bits per heavy atom. The van der Waals surface area contributed by atoms with Crippen LogP contribution in [0.15, 0.2) is 157 Å². The summed E-state index contributed by atoms with van der Waals surface area (Å²) in [5.74, 6) is 13.3. The molecule has 6 aromatic rings. The van der Waals surface area contributed by atoms with Crippen molar-refractivity contribution in [2.24, 2.45) is 0 Å². The average Bonchev–Trinajstić information content (AvgIpc) is 3.35. The van der Waals surface area contributed by atoms with Gasteiger partial charge in [0.1, 0.15) is 34.1 Å². The number of benzene rings is 6. The number of carbonyl (C=O) groups is 2. The number of carbonyl (C=O) groups excluding carboxylic acids is 2. The summed E-state index contributed by atoms with van der Waals surface area (Å²) in [5, 5.41) is 0. The second kappa shape index (κ2) is 22.7. The third-order valence-corrected chi connectivity index (χ3v) is 10.3. The average molecular weight is 855 g/mol. The standard InChI is InChI=1S/C54H50N2O8/c1-59-47-25-11-41(12-26-47)35-55(36-42-13-27-48(60-2)28-14-42)45-21-7-39(8-22-45)19-33-51(53(57)63-5)52(54(58)64-6)34-20-40-9-23-46(24-10-40)56(37-43-15-29-49(61-3)30-16-43)38-44-17-31-50(62-4)32-18-44/h7-18,21-32H,35-38H2,1-6H3/b52-51-. The first-order chi connectivity index (χ1) is 31.2. The Kier molecular flexibility index (Phi) is 16.1. The fraction of sp³-hybridized carbons (Fsp3) is 0.185. The van der Waals surface area contributed by atoms with Gasteiger partial charge in [-0.2, -0.15) is 0 Å². The molecule has 0 fully saturated rings. The second-order valence-corrected chi connectivity index (χ2v) is 14.4. The molecular formula is C54H50N2O8. The molecule has 64 heavy (non-hydrogen) atoms. The van der Waals surface area contributed by atoms with Crippen LogP contribution in [0.25, 0.3) is 0 Å². The van der Waals surface area contributed by atoms with E-state index in [0.717, 1.165) is 56.6 Å². The molecule has 10 nitrogen and oxygen atoms in total. The maximum atomic E-state index is 13.2. The molecule has 6 rings (SSSR count). The molecule has 324 valence electrons. The molecule has 0 aliphatic heterocycles. The number of anilines is 2. The van der Waals surface area contributed by atoms with Crippen molar-refractivity contribution in [1.82, 2.24) is 0 Å². The molecule has 10 heteroatoms. The van der Waals surface area contributed by atoms with Gasteiger partial charge in [0, 0.05) is 48.7 Å². The molecule has 0 saturated carbocycles. The van der Waals surface area contributed by atoms with Gasteiger partial charge in [0.2, 0.25) is 0 Å². The zero-order chi connectivity index (χ0) is 45.3. The van der Waals surface area contributed by atoms with Crippen molar-refractivity contribution in [3.05, 3.63) is 190 Å². The molecule has 0 N–H and O–H groups in total. The van der Waals surface area contributed by atoms with Crippen molar-refractivity contribution in [1.29, 1.82) is 0 Å². The van der Waals surface area contributed by atoms with Crippen LogP contribution < -0.4 is 28.7 Å². The second-order valence-electron chi connectivity index (χ2n) is 14.4. The molecule has 0 bridgehead atoms. The number of rotatable bonds is 16. The molecule has 0 aliphatic carbocycles. The lowest BCUT2D eigenvalue weighted by Crippen LogP contribution is -2.22. The maximum absolute atomic E-state index is 13.2. The zero-order valence-electron chi connectivity index (χ0n) is 36.8. The van der Waals surface area contributed by atoms with E-state index in [9.17, 15) is 9.59 Å². The predicted octanol–water partition coefficient (Wildman–Crippen LogP) is 9.18. The Bertz CT molecular complexity index is 2350. The van der Waals surface area contributed by atoms with E-state index in [1.54, 1.807) is 28.4 Å². The minimum absolute atomic E-state index is 0.214. The summed E-state index contributed by atoms with van der Waals surface area (Å²) in [5.41, 5.74) is 7.13. The molecule has 0 spiro atoms. The van der Waals surface area contributed by atoms with E-state index in [4.69, 9.17) is 28.4 Å². The highest BCUT2D eigenvalue weighted by atomic mass is 16.5. The molecule has 0 heterocycles. The van der Waals surface area contributed by atoms with Crippen molar-refractivity contribution in [2.45, 2.75) is 26.2 Å². The number of hydrogen-bond donors (Lipinski definition) is 0. The van der Waals surface area contributed by atoms with Gasteiger partial charge >= 0.3 is 11.9 Å². The SMILES string of the molecule is COC(=O)/C(C#Cc1ccc(N(Cc2ccc(OC)cc2)Cc2ccc(OC)cc2)cc1)=C(/C#Cc1ccc(N(Cc2ccc(OC)cc2)Cc2ccc(OC)cc2)cc1)C(=O)OC. The van der Waals surface area contributed by atoms with Gasteiger partial charge in [-0.25, -0.2) is 9.59 Å². The van der Waals surface area contributed by atoms with Crippen LogP contribution in [0.5, 0.6) is 23.0 Å². The Morgan fingerprint density at radius 2 is 0.625 bits per heavy atom. The van der Waals surface area contributed by atoms with Crippen LogP contribution in [-0.4, -0.2) is 54.6 Å². The van der Waals surface area contributed by atoms with E-state index in [-0.39, 0.29) is 11.1 Å². The highest BCUT2D eigenvalue weighted by Gasteiger charge is 2.20. The monoisotopic (exact) mass is 854 g/mol. The summed E-state index contributed by atoms with van der Waals surface area (Å²) in [6.45, 7) is 2.52. The lowest BCUT2D eigenvalue weighted by molar-refractivity contribution is -0.138. The molecule has 6 aromatic carbocycles. The van der Waals surface area contributed by atoms with Gasteiger partial charge in [-0.15, -0.1) is 0 Å². The highest BCUT2D eigenvalue weighted by molar-refractivity contribution is 6.06. The van der Waals surface area contributed by atoms with Gasteiger partial charge in [0.25, 0.3) is 0 Å². The molecule has 0 radical (unpaired) electrons. The van der Waals surface area contributed by atoms with Crippen molar-refractivity contribution in [3.63, 3.8) is 0 Å². The van der Waals surface area contributed by atoms with Crippen molar-refractivity contribution < 1.29 is 38.0 Å². The lowest BCUT2D eigenvalue weighted by Gasteiger charge is -2.25. The van der Waals surface area contributed by atoms with Crippen LogP contribution in [0, 0.1) is 23.7 Å². The zero-order valence-corrected chi connectivity index (χ0v) is 36.8. The summed E-state index contributed by atoms with van der Waals surface area (Å²) < 4.78 is 31.6. The Hall–Kier alpha value is -8.08. The predicted molar refractivity (Wildman–Crippen MR) is 249 cm³/mol. The molecule has 0 atom stereocenters. The summed E-state index contributed by atoms with van der Waals surface area (Å²) in [6.07, 6.45) is 0. The first-order valence-corrected chi connectivity index (χ1v) is 20.4. The van der Waals surface area contributed by atoms with Crippen LogP contribution in [0.2, 0.25) is 0 Å². The fourth-order valence-corrected chi connectivity index (χ4v) is 6.70. The number of methoxy groups -OCH3 is 6. The minimum Gasteiger partial charge on any atom is -0.497 e. The fourth-order valence-electron chi connectivity index (χ4n) is 6.70. The largest absolute Gasteiger partial charge is 0.497 e. The van der Waals surface area contributed by atoms with E-state index in [2.05, 4.69) is 33.5 Å². The molecule has 0 aliphatic rings. The van der Waals surface area contributed by atoms with Crippen LogP contribution in [0.4, 0.5) is 11.4 Å². The molecule has 0 aromatic heterocycles. The third-order valence-electron chi connectivity index (χ3n) is 10.3. The number of esters is 2. The van der Waals surface area contributed by atoms with Gasteiger partial charge in [0.15, 0.2) is 0 Å². The summed E-state index contributed by atoms with van der Waals surface area (Å²) in [7, 11) is 9.04. The Labute approximate surface area is 375 Å². The van der Waals surface area contributed by atoms with E-state index in [1.807, 2.05) is 146 Å². The first kappa shape index (κ1) is 45.4.